The minimum atomic E-state index is -0.423. The monoisotopic (exact) mass is 559 g/mol. The lowest BCUT2D eigenvalue weighted by Gasteiger charge is -2.16. The van der Waals surface area contributed by atoms with Crippen LogP contribution in [0.15, 0.2) is 70.0 Å². The fourth-order valence-corrected chi connectivity index (χ4v) is 4.97. The van der Waals surface area contributed by atoms with Crippen LogP contribution < -0.4 is 19.1 Å². The second-order valence-electron chi connectivity index (χ2n) is 7.10. The van der Waals surface area contributed by atoms with E-state index in [0.717, 1.165) is 22.2 Å². The van der Waals surface area contributed by atoms with E-state index in [9.17, 15) is 9.59 Å². The highest BCUT2D eigenvalue weighted by atomic mass is 79.9. The predicted molar refractivity (Wildman–Crippen MR) is 138 cm³/mol. The van der Waals surface area contributed by atoms with E-state index >= 15 is 0 Å². The third-order valence-electron chi connectivity index (χ3n) is 5.00. The molecule has 3 aromatic carbocycles. The van der Waals surface area contributed by atoms with Crippen molar-refractivity contribution in [1.82, 2.24) is 0 Å². The fourth-order valence-electron chi connectivity index (χ4n) is 3.37. The van der Waals surface area contributed by atoms with Gasteiger partial charge in [0, 0.05) is 10.6 Å². The van der Waals surface area contributed by atoms with E-state index in [1.807, 2.05) is 18.2 Å². The standard InChI is InChI=1S/C25H19BrClNO5S/c1-31-20-10-6-5-9-19(20)28-24(29)22(34-25(28)30)13-15-11-17(26)23(21(12-15)32-2)33-14-16-7-3-4-8-18(16)27/h3-13H,14H2,1-2H3/b22-13-. The Hall–Kier alpha value is -2.94. The van der Waals surface area contributed by atoms with Crippen molar-refractivity contribution in [3.8, 4) is 17.2 Å². The molecule has 2 amide bonds. The highest BCUT2D eigenvalue weighted by molar-refractivity contribution is 9.10. The number of methoxy groups -OCH3 is 2. The maximum absolute atomic E-state index is 13.1. The Morgan fingerprint density at radius 1 is 1.00 bits per heavy atom. The maximum Gasteiger partial charge on any atom is 0.298 e. The molecule has 174 valence electrons. The van der Waals surface area contributed by atoms with Crippen LogP contribution in [0.1, 0.15) is 11.1 Å². The lowest BCUT2D eigenvalue weighted by Crippen LogP contribution is -2.28. The molecule has 0 bridgehead atoms. The van der Waals surface area contributed by atoms with Crippen LogP contribution in [0.4, 0.5) is 10.5 Å². The van der Waals surface area contributed by atoms with Crippen LogP contribution in [0.3, 0.4) is 0 Å². The Bertz CT molecular complexity index is 1300. The molecule has 1 saturated heterocycles. The third-order valence-corrected chi connectivity index (χ3v) is 6.83. The number of benzene rings is 3. The average molecular weight is 561 g/mol. The number of carbonyl (C=O) groups excluding carboxylic acids is 2. The molecule has 4 rings (SSSR count). The van der Waals surface area contributed by atoms with Crippen LogP contribution in [0.2, 0.25) is 5.02 Å². The molecule has 0 aliphatic carbocycles. The SMILES string of the molecule is COc1ccccc1N1C(=O)S/C(=C\c2cc(Br)c(OCc3ccccc3Cl)c(OC)c2)C1=O. The summed E-state index contributed by atoms with van der Waals surface area (Å²) in [5, 5.41) is 0.214. The summed E-state index contributed by atoms with van der Waals surface area (Å²) in [6.07, 6.45) is 1.64. The predicted octanol–water partition coefficient (Wildman–Crippen LogP) is 6.94. The van der Waals surface area contributed by atoms with E-state index in [-0.39, 0.29) is 11.5 Å². The van der Waals surface area contributed by atoms with Crippen LogP contribution in [-0.4, -0.2) is 25.4 Å². The van der Waals surface area contributed by atoms with Crippen molar-refractivity contribution >= 4 is 62.2 Å². The summed E-state index contributed by atoms with van der Waals surface area (Å²) < 4.78 is 17.4. The van der Waals surface area contributed by atoms with E-state index in [0.29, 0.717) is 38.0 Å². The molecule has 0 spiro atoms. The minimum Gasteiger partial charge on any atom is -0.495 e. The average Bonchev–Trinajstić information content (AvgIpc) is 3.11. The number of para-hydroxylation sites is 2. The van der Waals surface area contributed by atoms with Gasteiger partial charge in [-0.2, -0.15) is 0 Å². The molecule has 1 fully saturated rings. The molecule has 0 N–H and O–H groups in total. The molecule has 0 aromatic heterocycles. The smallest absolute Gasteiger partial charge is 0.298 e. The number of hydrogen-bond donors (Lipinski definition) is 0. The van der Waals surface area contributed by atoms with E-state index in [1.54, 1.807) is 48.5 Å². The number of ether oxygens (including phenoxy) is 3. The first kappa shape index (κ1) is 24.2. The summed E-state index contributed by atoms with van der Waals surface area (Å²) in [5.41, 5.74) is 1.91. The Labute approximate surface area is 214 Å². The van der Waals surface area contributed by atoms with Crippen LogP contribution >= 0.6 is 39.3 Å². The summed E-state index contributed by atoms with van der Waals surface area (Å²) in [7, 11) is 3.02. The first-order valence-corrected chi connectivity index (χ1v) is 12.1. The van der Waals surface area contributed by atoms with Crippen molar-refractivity contribution in [1.29, 1.82) is 0 Å². The number of thioether (sulfide) groups is 1. The highest BCUT2D eigenvalue weighted by Crippen LogP contribution is 2.42. The fraction of sp³-hybridized carbons (Fsp3) is 0.120. The quantitative estimate of drug-likeness (QED) is 0.292. The number of hydrogen-bond acceptors (Lipinski definition) is 6. The van der Waals surface area contributed by atoms with Gasteiger partial charge in [0.2, 0.25) is 0 Å². The molecule has 0 unspecified atom stereocenters. The Balaban J connectivity index is 1.60. The van der Waals surface area contributed by atoms with Crippen LogP contribution in [0.5, 0.6) is 17.2 Å². The normalized spacial score (nSPS) is 14.6. The van der Waals surface area contributed by atoms with Crippen LogP contribution in [0, 0.1) is 0 Å². The number of anilines is 1. The maximum atomic E-state index is 13.1. The summed E-state index contributed by atoms with van der Waals surface area (Å²) in [6.45, 7) is 0.256. The van der Waals surface area contributed by atoms with Gasteiger partial charge in [-0.25, -0.2) is 4.90 Å². The van der Waals surface area contributed by atoms with Crippen molar-refractivity contribution in [2.75, 3.05) is 19.1 Å². The molecular weight excluding hydrogens is 542 g/mol. The zero-order valence-corrected chi connectivity index (χ0v) is 21.4. The molecule has 0 atom stereocenters. The Kier molecular flexibility index (Phi) is 7.50. The number of imide groups is 1. The summed E-state index contributed by atoms with van der Waals surface area (Å²) in [5.74, 6) is 0.988. The molecule has 34 heavy (non-hydrogen) atoms. The lowest BCUT2D eigenvalue weighted by molar-refractivity contribution is -0.113. The first-order chi connectivity index (χ1) is 16.4. The second-order valence-corrected chi connectivity index (χ2v) is 9.36. The molecule has 0 saturated carbocycles. The van der Waals surface area contributed by atoms with Gasteiger partial charge in [-0.3, -0.25) is 9.59 Å². The van der Waals surface area contributed by atoms with Crippen LogP contribution in [0.25, 0.3) is 6.08 Å². The summed E-state index contributed by atoms with van der Waals surface area (Å²) in [6, 6.07) is 17.8. The van der Waals surface area contributed by atoms with E-state index < -0.39 is 11.1 Å². The third kappa shape index (κ3) is 4.94. The van der Waals surface area contributed by atoms with Crippen molar-refractivity contribution in [3.05, 3.63) is 86.2 Å². The van der Waals surface area contributed by atoms with Crippen molar-refractivity contribution < 1.29 is 23.8 Å². The lowest BCUT2D eigenvalue weighted by atomic mass is 10.1. The van der Waals surface area contributed by atoms with Gasteiger partial charge in [-0.15, -0.1) is 0 Å². The van der Waals surface area contributed by atoms with E-state index in [1.165, 1.54) is 14.2 Å². The van der Waals surface area contributed by atoms with Gasteiger partial charge >= 0.3 is 0 Å². The minimum absolute atomic E-state index is 0.256. The topological polar surface area (TPSA) is 65.1 Å². The van der Waals surface area contributed by atoms with Crippen molar-refractivity contribution in [3.63, 3.8) is 0 Å². The molecule has 1 heterocycles. The van der Waals surface area contributed by atoms with Crippen LogP contribution in [-0.2, 0) is 11.4 Å². The molecule has 1 aliphatic heterocycles. The number of amides is 2. The zero-order chi connectivity index (χ0) is 24.2. The summed E-state index contributed by atoms with van der Waals surface area (Å²) >= 11 is 10.6. The molecule has 0 radical (unpaired) electrons. The van der Waals surface area contributed by atoms with Gasteiger partial charge in [-0.05, 0) is 69.7 Å². The largest absolute Gasteiger partial charge is 0.495 e. The molecule has 9 heteroatoms. The van der Waals surface area contributed by atoms with E-state index in [4.69, 9.17) is 25.8 Å². The second kappa shape index (κ2) is 10.5. The number of rotatable bonds is 7. The van der Waals surface area contributed by atoms with Gasteiger partial charge < -0.3 is 14.2 Å². The first-order valence-electron chi connectivity index (χ1n) is 10.1. The Morgan fingerprint density at radius 2 is 1.71 bits per heavy atom. The number of carbonyl (C=O) groups is 2. The Morgan fingerprint density at radius 3 is 2.44 bits per heavy atom. The van der Waals surface area contributed by atoms with Gasteiger partial charge in [-0.1, -0.05) is 41.9 Å². The van der Waals surface area contributed by atoms with Gasteiger partial charge in [0.1, 0.15) is 12.4 Å². The molecule has 1 aliphatic rings. The van der Waals surface area contributed by atoms with Gasteiger partial charge in [0.15, 0.2) is 11.5 Å². The van der Waals surface area contributed by atoms with Crippen molar-refractivity contribution in [2.24, 2.45) is 0 Å². The molecular formula is C25H19BrClNO5S. The van der Waals surface area contributed by atoms with E-state index in [2.05, 4.69) is 15.9 Å². The summed E-state index contributed by atoms with van der Waals surface area (Å²) in [4.78, 5) is 27.1. The highest BCUT2D eigenvalue weighted by Gasteiger charge is 2.37. The number of nitrogens with zero attached hydrogens (tertiary/aromatic N) is 1. The molecule has 6 nitrogen and oxygen atoms in total. The number of halogens is 2. The zero-order valence-electron chi connectivity index (χ0n) is 18.2. The van der Waals surface area contributed by atoms with Gasteiger partial charge in [0.25, 0.3) is 11.1 Å². The van der Waals surface area contributed by atoms with Crippen molar-refractivity contribution in [2.45, 2.75) is 6.61 Å². The molecule has 3 aromatic rings. The van der Waals surface area contributed by atoms with Gasteiger partial charge in [0.05, 0.1) is 29.3 Å².